The van der Waals surface area contributed by atoms with E-state index in [1.807, 2.05) is 48.5 Å². The number of carbonyl (C=O) groups excluding carboxylic acids is 1. The minimum atomic E-state index is -0.0695. The summed E-state index contributed by atoms with van der Waals surface area (Å²) in [5.41, 5.74) is 5.59. The quantitative estimate of drug-likeness (QED) is 0.300. The van der Waals surface area contributed by atoms with Crippen molar-refractivity contribution in [3.05, 3.63) is 83.9 Å². The molecule has 1 N–H and O–H groups in total. The highest BCUT2D eigenvalue weighted by atomic mass is 16.5. The molecule has 0 saturated carbocycles. The molecule has 3 aromatic carbocycles. The van der Waals surface area contributed by atoms with Gasteiger partial charge < -0.3 is 19.7 Å². The second-order valence-electron chi connectivity index (χ2n) is 10.5. The number of aromatic nitrogens is 1. The van der Waals surface area contributed by atoms with Crippen molar-refractivity contribution in [2.75, 3.05) is 58.4 Å². The molecule has 7 heteroatoms. The number of amides is 1. The van der Waals surface area contributed by atoms with Crippen molar-refractivity contribution < 1.29 is 14.3 Å². The fourth-order valence-electron chi connectivity index (χ4n) is 5.15. The first-order valence-corrected chi connectivity index (χ1v) is 13.9. The summed E-state index contributed by atoms with van der Waals surface area (Å²) in [5.74, 6) is 1.95. The summed E-state index contributed by atoms with van der Waals surface area (Å²) < 4.78 is 10.6. The average Bonchev–Trinajstić information content (AvgIpc) is 3.00. The summed E-state index contributed by atoms with van der Waals surface area (Å²) in [6.45, 7) is 9.56. The number of piperazine rings is 1. The number of nitrogens with one attached hydrogen (secondary N) is 1. The van der Waals surface area contributed by atoms with Crippen LogP contribution in [0.4, 0.5) is 5.69 Å². The van der Waals surface area contributed by atoms with Gasteiger partial charge in [0.2, 0.25) is 0 Å². The maximum absolute atomic E-state index is 13.6. The van der Waals surface area contributed by atoms with Gasteiger partial charge >= 0.3 is 0 Å². The van der Waals surface area contributed by atoms with Crippen molar-refractivity contribution in [1.82, 2.24) is 15.2 Å². The minimum Gasteiger partial charge on any atom is -0.497 e. The number of benzene rings is 3. The second kappa shape index (κ2) is 12.4. The van der Waals surface area contributed by atoms with E-state index < -0.39 is 0 Å². The normalized spacial score (nSPS) is 14.0. The van der Waals surface area contributed by atoms with E-state index in [1.54, 1.807) is 14.2 Å². The van der Waals surface area contributed by atoms with E-state index in [0.29, 0.717) is 18.0 Å². The van der Waals surface area contributed by atoms with E-state index in [4.69, 9.17) is 14.5 Å². The number of ether oxygens (including phenoxy) is 2. The molecule has 1 fully saturated rings. The highest BCUT2D eigenvalue weighted by Gasteiger charge is 2.19. The molecule has 4 aromatic rings. The van der Waals surface area contributed by atoms with Crippen LogP contribution in [0, 0.1) is 0 Å². The van der Waals surface area contributed by atoms with Crippen LogP contribution in [0.25, 0.3) is 22.2 Å². The maximum Gasteiger partial charge on any atom is 0.252 e. The highest BCUT2D eigenvalue weighted by Crippen LogP contribution is 2.29. The van der Waals surface area contributed by atoms with E-state index in [1.165, 1.54) is 11.3 Å². The highest BCUT2D eigenvalue weighted by molar-refractivity contribution is 6.07. The van der Waals surface area contributed by atoms with E-state index in [2.05, 4.69) is 53.2 Å². The van der Waals surface area contributed by atoms with Gasteiger partial charge in [0.05, 0.1) is 31.0 Å². The van der Waals surface area contributed by atoms with Gasteiger partial charge in [-0.05, 0) is 78.2 Å². The molecular formula is C33H38N4O3. The molecule has 0 unspecified atom stereocenters. The zero-order chi connectivity index (χ0) is 28.1. The summed E-state index contributed by atoms with van der Waals surface area (Å²) in [4.78, 5) is 23.3. The van der Waals surface area contributed by atoms with Gasteiger partial charge in [-0.3, -0.25) is 9.69 Å². The van der Waals surface area contributed by atoms with Crippen LogP contribution in [0.5, 0.6) is 11.5 Å². The molecule has 2 heterocycles. The summed E-state index contributed by atoms with van der Waals surface area (Å²) in [6, 6.07) is 24.2. The Morgan fingerprint density at radius 3 is 2.15 bits per heavy atom. The fraction of sp³-hybridized carbons (Fsp3) is 0.333. The zero-order valence-electron chi connectivity index (χ0n) is 23.8. The number of rotatable bonds is 9. The molecule has 1 aliphatic rings. The first-order chi connectivity index (χ1) is 19.4. The van der Waals surface area contributed by atoms with Gasteiger partial charge in [-0.25, -0.2) is 4.98 Å². The predicted octanol–water partition coefficient (Wildman–Crippen LogP) is 5.59. The summed E-state index contributed by atoms with van der Waals surface area (Å²) in [6.07, 6.45) is 0. The van der Waals surface area contributed by atoms with Gasteiger partial charge in [-0.15, -0.1) is 0 Å². The van der Waals surface area contributed by atoms with E-state index in [-0.39, 0.29) is 5.91 Å². The van der Waals surface area contributed by atoms with Crippen LogP contribution in [-0.2, 0) is 0 Å². The van der Waals surface area contributed by atoms with Gasteiger partial charge in [-0.2, -0.15) is 0 Å². The van der Waals surface area contributed by atoms with Gasteiger partial charge in [0.25, 0.3) is 5.91 Å². The van der Waals surface area contributed by atoms with Gasteiger partial charge in [0.1, 0.15) is 11.5 Å². The number of fused-ring (bicyclic) bond motifs is 1. The zero-order valence-corrected chi connectivity index (χ0v) is 23.8. The molecule has 208 valence electrons. The molecule has 1 aromatic heterocycles. The van der Waals surface area contributed by atoms with Crippen LogP contribution in [0.15, 0.2) is 72.8 Å². The van der Waals surface area contributed by atoms with Crippen LogP contribution in [0.3, 0.4) is 0 Å². The summed E-state index contributed by atoms with van der Waals surface area (Å²) >= 11 is 0. The lowest BCUT2D eigenvalue weighted by Gasteiger charge is -2.36. The first-order valence-electron chi connectivity index (χ1n) is 13.9. The Bertz CT molecular complexity index is 1440. The summed E-state index contributed by atoms with van der Waals surface area (Å²) in [7, 11) is 3.34. The van der Waals surface area contributed by atoms with Crippen LogP contribution in [-0.4, -0.2) is 69.3 Å². The first kappa shape index (κ1) is 27.5. The van der Waals surface area contributed by atoms with Gasteiger partial charge in [-0.1, -0.05) is 19.9 Å². The Morgan fingerprint density at radius 2 is 1.52 bits per heavy atom. The van der Waals surface area contributed by atoms with E-state index in [9.17, 15) is 4.79 Å². The van der Waals surface area contributed by atoms with Crippen molar-refractivity contribution in [2.24, 2.45) is 0 Å². The molecular weight excluding hydrogens is 500 g/mol. The van der Waals surface area contributed by atoms with Crippen LogP contribution < -0.4 is 19.7 Å². The predicted molar refractivity (Wildman–Crippen MR) is 162 cm³/mol. The number of nitrogens with zero attached hydrogens (tertiary/aromatic N) is 3. The molecule has 0 bridgehead atoms. The largest absolute Gasteiger partial charge is 0.497 e. The molecule has 40 heavy (non-hydrogen) atoms. The Labute approximate surface area is 236 Å². The van der Waals surface area contributed by atoms with Crippen molar-refractivity contribution >= 4 is 22.5 Å². The topological polar surface area (TPSA) is 66.9 Å². The third kappa shape index (κ3) is 6.20. The number of pyridine rings is 1. The Hall–Kier alpha value is -4.10. The Kier molecular flexibility index (Phi) is 8.51. The molecule has 1 amide bonds. The van der Waals surface area contributed by atoms with Crippen LogP contribution in [0.1, 0.15) is 35.7 Å². The Morgan fingerprint density at radius 1 is 0.875 bits per heavy atom. The third-order valence-electron chi connectivity index (χ3n) is 7.65. The molecule has 7 nitrogen and oxygen atoms in total. The smallest absolute Gasteiger partial charge is 0.252 e. The van der Waals surface area contributed by atoms with Crippen molar-refractivity contribution in [1.29, 1.82) is 0 Å². The average molecular weight is 539 g/mol. The standard InChI is InChI=1S/C33H38N4O3/c1-23(2)25-7-14-31-29(21-25)30(22-32(35-31)24-5-10-27(39-3)11-6-24)33(38)34-15-16-36-17-19-37(20-18-36)26-8-12-28(40-4)13-9-26/h5-14,21-23H,15-20H2,1-4H3,(H,34,38). The fourth-order valence-corrected chi connectivity index (χ4v) is 5.15. The van der Waals surface area contributed by atoms with Crippen molar-refractivity contribution in [2.45, 2.75) is 19.8 Å². The number of carbonyl (C=O) groups is 1. The lowest BCUT2D eigenvalue weighted by Crippen LogP contribution is -2.48. The van der Waals surface area contributed by atoms with Gasteiger partial charge in [0, 0.05) is 55.9 Å². The molecule has 5 rings (SSSR count). The minimum absolute atomic E-state index is 0.0695. The lowest BCUT2D eigenvalue weighted by molar-refractivity contribution is 0.0949. The van der Waals surface area contributed by atoms with Crippen molar-refractivity contribution in [3.63, 3.8) is 0 Å². The molecule has 0 radical (unpaired) electrons. The number of hydrogen-bond donors (Lipinski definition) is 1. The maximum atomic E-state index is 13.6. The molecule has 0 aliphatic carbocycles. The van der Waals surface area contributed by atoms with Gasteiger partial charge in [0.15, 0.2) is 0 Å². The van der Waals surface area contributed by atoms with Crippen LogP contribution in [0.2, 0.25) is 0 Å². The summed E-state index contributed by atoms with van der Waals surface area (Å²) in [5, 5.41) is 4.07. The Balaban J connectivity index is 1.27. The monoisotopic (exact) mass is 538 g/mol. The lowest BCUT2D eigenvalue weighted by atomic mass is 9.97. The third-order valence-corrected chi connectivity index (χ3v) is 7.65. The van der Waals surface area contributed by atoms with E-state index in [0.717, 1.165) is 66.4 Å². The number of anilines is 1. The molecule has 1 saturated heterocycles. The number of hydrogen-bond acceptors (Lipinski definition) is 6. The molecule has 0 atom stereocenters. The number of methoxy groups -OCH3 is 2. The molecule has 1 aliphatic heterocycles. The van der Waals surface area contributed by atoms with Crippen LogP contribution >= 0.6 is 0 Å². The molecule has 0 spiro atoms. The SMILES string of the molecule is COc1ccc(-c2cc(C(=O)NCCN3CCN(c4ccc(OC)cc4)CC3)c3cc(C(C)C)ccc3n2)cc1. The second-order valence-corrected chi connectivity index (χ2v) is 10.5. The van der Waals surface area contributed by atoms with E-state index >= 15 is 0 Å². The van der Waals surface area contributed by atoms with Crippen molar-refractivity contribution in [3.8, 4) is 22.8 Å².